The Morgan fingerprint density at radius 1 is 1.41 bits per heavy atom. The third-order valence-electron chi connectivity index (χ3n) is 2.30. The molecule has 0 aliphatic carbocycles. The standard InChI is InChI=1S/C11H20BrN3O2/c1-4-6-10(13-9-16)15(3)11(17)14(2)8-5-7-12/h9H,4-8H2,1-3H3/b13-10-. The van der Waals surface area contributed by atoms with E-state index >= 15 is 0 Å². The number of nitrogens with zero attached hydrogens (tertiary/aromatic N) is 3. The van der Waals surface area contributed by atoms with E-state index in [1.807, 2.05) is 6.92 Å². The van der Waals surface area contributed by atoms with Gasteiger partial charge in [-0.25, -0.2) is 9.79 Å². The summed E-state index contributed by atoms with van der Waals surface area (Å²) in [5.74, 6) is 0.512. The van der Waals surface area contributed by atoms with E-state index in [1.54, 1.807) is 19.0 Å². The normalized spacial score (nSPS) is 11.2. The van der Waals surface area contributed by atoms with E-state index in [0.29, 0.717) is 25.2 Å². The summed E-state index contributed by atoms with van der Waals surface area (Å²) in [7, 11) is 3.39. The molecule has 5 nitrogen and oxygen atoms in total. The van der Waals surface area contributed by atoms with Gasteiger partial charge in [-0.05, 0) is 12.8 Å². The first-order valence-electron chi connectivity index (χ1n) is 5.63. The first-order valence-corrected chi connectivity index (χ1v) is 6.75. The largest absolute Gasteiger partial charge is 0.327 e. The first-order chi connectivity index (χ1) is 8.08. The van der Waals surface area contributed by atoms with Crippen molar-refractivity contribution in [2.75, 3.05) is 26.0 Å². The van der Waals surface area contributed by atoms with Gasteiger partial charge in [0.1, 0.15) is 5.84 Å². The predicted molar refractivity (Wildman–Crippen MR) is 72.6 cm³/mol. The van der Waals surface area contributed by atoms with Crippen LogP contribution in [0.5, 0.6) is 0 Å². The number of halogens is 1. The highest BCUT2D eigenvalue weighted by Crippen LogP contribution is 2.03. The second kappa shape index (κ2) is 9.15. The number of rotatable bonds is 6. The number of amidine groups is 1. The van der Waals surface area contributed by atoms with Crippen molar-refractivity contribution in [3.05, 3.63) is 0 Å². The highest BCUT2D eigenvalue weighted by atomic mass is 79.9. The molecule has 0 heterocycles. The molecule has 0 unspecified atom stereocenters. The summed E-state index contributed by atoms with van der Waals surface area (Å²) >= 11 is 3.32. The smallest absolute Gasteiger partial charge is 0.324 e. The lowest BCUT2D eigenvalue weighted by atomic mass is 10.3. The third-order valence-corrected chi connectivity index (χ3v) is 2.86. The second-order valence-electron chi connectivity index (χ2n) is 3.71. The van der Waals surface area contributed by atoms with Crippen LogP contribution >= 0.6 is 15.9 Å². The topological polar surface area (TPSA) is 53.0 Å². The molecule has 0 radical (unpaired) electrons. The molecule has 0 rings (SSSR count). The van der Waals surface area contributed by atoms with Crippen molar-refractivity contribution in [2.24, 2.45) is 4.99 Å². The van der Waals surface area contributed by atoms with E-state index in [0.717, 1.165) is 18.2 Å². The van der Waals surface area contributed by atoms with Crippen molar-refractivity contribution in [1.82, 2.24) is 9.80 Å². The zero-order chi connectivity index (χ0) is 13.3. The van der Waals surface area contributed by atoms with Crippen molar-refractivity contribution >= 4 is 34.2 Å². The number of hydrogen-bond acceptors (Lipinski definition) is 2. The minimum Gasteiger partial charge on any atom is -0.327 e. The summed E-state index contributed by atoms with van der Waals surface area (Å²) in [6.45, 7) is 2.65. The van der Waals surface area contributed by atoms with Crippen molar-refractivity contribution in [2.45, 2.75) is 26.2 Å². The summed E-state index contributed by atoms with van der Waals surface area (Å²) in [5, 5.41) is 0.860. The lowest BCUT2D eigenvalue weighted by molar-refractivity contribution is -0.106. The Bertz CT molecular complexity index is 282. The van der Waals surface area contributed by atoms with Crippen LogP contribution in [0.3, 0.4) is 0 Å². The Morgan fingerprint density at radius 2 is 2.06 bits per heavy atom. The molecule has 0 fully saturated rings. The van der Waals surface area contributed by atoms with E-state index < -0.39 is 0 Å². The number of carbonyl (C=O) groups is 2. The molecule has 0 atom stereocenters. The molecular weight excluding hydrogens is 286 g/mol. The predicted octanol–water partition coefficient (Wildman–Crippen LogP) is 2.11. The molecule has 0 aromatic rings. The number of alkyl halides is 1. The first kappa shape index (κ1) is 16.1. The Morgan fingerprint density at radius 3 is 2.53 bits per heavy atom. The maximum atomic E-state index is 12.0. The fraction of sp³-hybridized carbons (Fsp3) is 0.727. The van der Waals surface area contributed by atoms with Gasteiger partial charge in [-0.3, -0.25) is 9.69 Å². The molecule has 0 aliphatic rings. The molecule has 0 aromatic carbocycles. The van der Waals surface area contributed by atoms with Gasteiger partial charge >= 0.3 is 6.03 Å². The van der Waals surface area contributed by atoms with Crippen molar-refractivity contribution in [1.29, 1.82) is 0 Å². The lowest BCUT2D eigenvalue weighted by Gasteiger charge is -2.25. The van der Waals surface area contributed by atoms with Crippen LogP contribution < -0.4 is 0 Å². The second-order valence-corrected chi connectivity index (χ2v) is 4.50. The summed E-state index contributed by atoms with van der Waals surface area (Å²) in [6.07, 6.45) is 2.83. The quantitative estimate of drug-likeness (QED) is 0.327. The molecule has 98 valence electrons. The van der Waals surface area contributed by atoms with Gasteiger partial charge in [0, 0.05) is 32.4 Å². The fourth-order valence-corrected chi connectivity index (χ4v) is 1.61. The van der Waals surface area contributed by atoms with E-state index in [9.17, 15) is 9.59 Å². The summed E-state index contributed by atoms with van der Waals surface area (Å²) < 4.78 is 0. The van der Waals surface area contributed by atoms with Gasteiger partial charge in [-0.15, -0.1) is 0 Å². The lowest BCUT2D eigenvalue weighted by Crippen LogP contribution is -2.42. The van der Waals surface area contributed by atoms with Gasteiger partial charge in [-0.2, -0.15) is 0 Å². The molecule has 0 N–H and O–H groups in total. The van der Waals surface area contributed by atoms with Gasteiger partial charge < -0.3 is 4.90 Å². The zero-order valence-corrected chi connectivity index (χ0v) is 12.2. The fourth-order valence-electron chi connectivity index (χ4n) is 1.36. The van der Waals surface area contributed by atoms with E-state index in [4.69, 9.17) is 0 Å². The van der Waals surface area contributed by atoms with E-state index in [-0.39, 0.29) is 6.03 Å². The maximum Gasteiger partial charge on any atom is 0.324 e. The molecular formula is C11H20BrN3O2. The van der Waals surface area contributed by atoms with Gasteiger partial charge in [0.05, 0.1) is 0 Å². The van der Waals surface area contributed by atoms with Crippen molar-refractivity contribution in [3.63, 3.8) is 0 Å². The Hall–Kier alpha value is -0.910. The number of amides is 3. The van der Waals surface area contributed by atoms with Crippen LogP contribution in [0, 0.1) is 0 Å². The van der Waals surface area contributed by atoms with Crippen LogP contribution in [0.1, 0.15) is 26.2 Å². The van der Waals surface area contributed by atoms with Crippen molar-refractivity contribution < 1.29 is 9.59 Å². The van der Waals surface area contributed by atoms with Gasteiger partial charge in [0.15, 0.2) is 0 Å². The maximum absolute atomic E-state index is 12.0. The molecule has 0 spiro atoms. The molecule has 0 saturated carbocycles. The molecule has 3 amide bonds. The summed E-state index contributed by atoms with van der Waals surface area (Å²) in [5.41, 5.74) is 0. The van der Waals surface area contributed by atoms with Gasteiger partial charge in [0.25, 0.3) is 0 Å². The van der Waals surface area contributed by atoms with E-state index in [2.05, 4.69) is 20.9 Å². The Kier molecular flexibility index (Phi) is 8.66. The number of carbonyl (C=O) groups excluding carboxylic acids is 2. The highest BCUT2D eigenvalue weighted by molar-refractivity contribution is 9.09. The van der Waals surface area contributed by atoms with Crippen LogP contribution in [0.2, 0.25) is 0 Å². The van der Waals surface area contributed by atoms with Crippen LogP contribution in [0.15, 0.2) is 4.99 Å². The highest BCUT2D eigenvalue weighted by Gasteiger charge is 2.17. The molecule has 6 heteroatoms. The monoisotopic (exact) mass is 305 g/mol. The van der Waals surface area contributed by atoms with Crippen molar-refractivity contribution in [3.8, 4) is 0 Å². The minimum absolute atomic E-state index is 0.139. The molecule has 0 saturated heterocycles. The average Bonchev–Trinajstić information content (AvgIpc) is 2.33. The minimum atomic E-state index is -0.139. The molecule has 0 aromatic heterocycles. The number of hydrogen-bond donors (Lipinski definition) is 0. The SMILES string of the molecule is CCC/C(=N/C=O)N(C)C(=O)N(C)CCCBr. The average molecular weight is 306 g/mol. The molecule has 0 aliphatic heterocycles. The third kappa shape index (κ3) is 5.81. The van der Waals surface area contributed by atoms with Crippen LogP contribution in [-0.4, -0.2) is 54.0 Å². The van der Waals surface area contributed by atoms with Crippen LogP contribution in [-0.2, 0) is 4.79 Å². The van der Waals surface area contributed by atoms with Crippen LogP contribution in [0.25, 0.3) is 0 Å². The Balaban J connectivity index is 4.53. The molecule has 0 bridgehead atoms. The van der Waals surface area contributed by atoms with Gasteiger partial charge in [0.2, 0.25) is 6.41 Å². The number of aliphatic imine (C=N–C) groups is 1. The summed E-state index contributed by atoms with van der Waals surface area (Å²) in [6, 6.07) is -0.139. The molecule has 17 heavy (non-hydrogen) atoms. The summed E-state index contributed by atoms with van der Waals surface area (Å²) in [4.78, 5) is 29.2. The Labute approximate surface area is 111 Å². The van der Waals surface area contributed by atoms with Crippen LogP contribution in [0.4, 0.5) is 4.79 Å². The van der Waals surface area contributed by atoms with E-state index in [1.165, 1.54) is 4.90 Å². The van der Waals surface area contributed by atoms with Gasteiger partial charge in [-0.1, -0.05) is 22.9 Å². The number of urea groups is 1. The zero-order valence-electron chi connectivity index (χ0n) is 10.6.